The fourth-order valence-electron chi connectivity index (χ4n) is 2.31. The van der Waals surface area contributed by atoms with Gasteiger partial charge >= 0.3 is 0 Å². The van der Waals surface area contributed by atoms with Gasteiger partial charge in [0.25, 0.3) is 5.56 Å². The van der Waals surface area contributed by atoms with E-state index in [0.29, 0.717) is 29.4 Å². The first-order valence-corrected chi connectivity index (χ1v) is 8.43. The zero-order chi connectivity index (χ0) is 19.1. The zero-order valence-electron chi connectivity index (χ0n) is 14.5. The molecular weight excluding hydrogens is 368 g/mol. The number of hydrogen-bond acceptors (Lipinski definition) is 6. The van der Waals surface area contributed by atoms with Crippen molar-refractivity contribution in [3.63, 3.8) is 0 Å². The van der Waals surface area contributed by atoms with Crippen molar-refractivity contribution in [2.45, 2.75) is 6.61 Å². The lowest BCUT2D eigenvalue weighted by Gasteiger charge is -2.13. The molecule has 1 aromatic heterocycles. The number of hydrogen-bond donors (Lipinski definition) is 2. The van der Waals surface area contributed by atoms with E-state index in [1.807, 2.05) is 48.5 Å². The number of aromatic nitrogens is 2. The third kappa shape index (κ3) is 4.65. The Morgan fingerprint density at radius 2 is 2.04 bits per heavy atom. The minimum atomic E-state index is -0.495. The highest BCUT2D eigenvalue weighted by Crippen LogP contribution is 2.31. The summed E-state index contributed by atoms with van der Waals surface area (Å²) in [6, 6.07) is 15.3. The fraction of sp³-hybridized carbons (Fsp3) is 0.105. The Morgan fingerprint density at radius 1 is 1.22 bits per heavy atom. The molecule has 8 heteroatoms. The number of aromatic amines is 1. The number of nitrogens with one attached hydrogen (secondary N) is 2. The van der Waals surface area contributed by atoms with E-state index in [1.54, 1.807) is 13.3 Å². The molecule has 0 unspecified atom stereocenters. The van der Waals surface area contributed by atoms with Gasteiger partial charge in [-0.15, -0.1) is 0 Å². The third-order valence-electron chi connectivity index (χ3n) is 3.64. The van der Waals surface area contributed by atoms with Crippen molar-refractivity contribution < 1.29 is 9.47 Å². The second-order valence-electron chi connectivity index (χ2n) is 5.45. The van der Waals surface area contributed by atoms with Gasteiger partial charge < -0.3 is 9.47 Å². The van der Waals surface area contributed by atoms with Crippen molar-refractivity contribution in [1.29, 1.82) is 0 Å². The summed E-state index contributed by atoms with van der Waals surface area (Å²) < 4.78 is 11.3. The second kappa shape index (κ2) is 8.86. The normalized spacial score (nSPS) is 10.7. The molecule has 0 spiro atoms. The summed E-state index contributed by atoms with van der Waals surface area (Å²) in [4.78, 5) is 11.5. The fourth-order valence-corrected chi connectivity index (χ4v) is 2.45. The van der Waals surface area contributed by atoms with Gasteiger partial charge in [-0.1, -0.05) is 48.0 Å². The summed E-state index contributed by atoms with van der Waals surface area (Å²) in [5.41, 5.74) is 4.24. The average molecular weight is 385 g/mol. The first-order chi connectivity index (χ1) is 13.2. The van der Waals surface area contributed by atoms with Crippen molar-refractivity contribution in [2.75, 3.05) is 12.5 Å². The number of para-hydroxylation sites is 1. The van der Waals surface area contributed by atoms with Crippen LogP contribution in [0.5, 0.6) is 11.5 Å². The van der Waals surface area contributed by atoms with Crippen molar-refractivity contribution in [3.8, 4) is 11.5 Å². The molecule has 7 nitrogen and oxygen atoms in total. The van der Waals surface area contributed by atoms with Gasteiger partial charge in [0.15, 0.2) is 11.5 Å². The molecular formula is C19H17ClN4O3. The van der Waals surface area contributed by atoms with Gasteiger partial charge in [0.1, 0.15) is 17.3 Å². The van der Waals surface area contributed by atoms with Crippen LogP contribution in [0.3, 0.4) is 0 Å². The summed E-state index contributed by atoms with van der Waals surface area (Å²) in [7, 11) is 1.57. The van der Waals surface area contributed by atoms with E-state index in [2.05, 4.69) is 20.7 Å². The van der Waals surface area contributed by atoms with E-state index in [1.165, 1.54) is 6.20 Å². The highest BCUT2D eigenvalue weighted by atomic mass is 35.5. The Hall–Kier alpha value is -3.32. The minimum Gasteiger partial charge on any atom is -0.493 e. The van der Waals surface area contributed by atoms with Crippen LogP contribution in [-0.2, 0) is 6.61 Å². The van der Waals surface area contributed by atoms with Gasteiger partial charge in [-0.25, -0.2) is 5.10 Å². The highest BCUT2D eigenvalue weighted by Gasteiger charge is 2.10. The molecule has 3 aromatic rings. The van der Waals surface area contributed by atoms with Crippen LogP contribution in [0.4, 0.5) is 5.69 Å². The van der Waals surface area contributed by atoms with Crippen LogP contribution in [0.2, 0.25) is 5.02 Å². The predicted molar refractivity (Wildman–Crippen MR) is 105 cm³/mol. The standard InChI is InChI=1S/C19H17ClN4O3/c1-26-16-9-5-8-14(18(16)27-12-13-6-3-2-4-7-13)10-21-23-15-11-22-24-19(25)17(15)20/h2-11H,12H2,1H3,(H2,23,24,25)/b21-10-. The van der Waals surface area contributed by atoms with Crippen molar-refractivity contribution in [2.24, 2.45) is 5.10 Å². The Bertz CT molecular complexity index is 990. The van der Waals surface area contributed by atoms with Gasteiger partial charge in [0.2, 0.25) is 0 Å². The van der Waals surface area contributed by atoms with Crippen LogP contribution < -0.4 is 20.5 Å². The Kier molecular flexibility index (Phi) is 6.06. The molecule has 0 fully saturated rings. The predicted octanol–water partition coefficient (Wildman–Crippen LogP) is 3.46. The van der Waals surface area contributed by atoms with Crippen LogP contribution in [-0.4, -0.2) is 23.5 Å². The first kappa shape index (κ1) is 18.5. The maximum absolute atomic E-state index is 11.5. The molecule has 138 valence electrons. The second-order valence-corrected chi connectivity index (χ2v) is 5.83. The van der Waals surface area contributed by atoms with Crippen molar-refractivity contribution >= 4 is 23.5 Å². The number of hydrazone groups is 1. The maximum Gasteiger partial charge on any atom is 0.285 e. The summed E-state index contributed by atoms with van der Waals surface area (Å²) in [6.07, 6.45) is 2.93. The monoisotopic (exact) mass is 384 g/mol. The average Bonchev–Trinajstić information content (AvgIpc) is 2.70. The van der Waals surface area contributed by atoms with Crippen molar-refractivity contribution in [1.82, 2.24) is 10.2 Å². The molecule has 1 heterocycles. The first-order valence-electron chi connectivity index (χ1n) is 8.05. The van der Waals surface area contributed by atoms with E-state index < -0.39 is 5.56 Å². The molecule has 0 bridgehead atoms. The molecule has 27 heavy (non-hydrogen) atoms. The quantitative estimate of drug-likeness (QED) is 0.481. The van der Waals surface area contributed by atoms with Crippen LogP contribution in [0.25, 0.3) is 0 Å². The van der Waals surface area contributed by atoms with Gasteiger partial charge in [0, 0.05) is 5.56 Å². The lowest BCUT2D eigenvalue weighted by Crippen LogP contribution is -2.10. The SMILES string of the molecule is COc1cccc(/C=N\Nc2cn[nH]c(=O)c2Cl)c1OCc1ccccc1. The van der Waals surface area contributed by atoms with E-state index in [4.69, 9.17) is 21.1 Å². The van der Waals surface area contributed by atoms with Gasteiger partial charge in [-0.2, -0.15) is 10.2 Å². The molecule has 0 amide bonds. The topological polar surface area (TPSA) is 88.6 Å². The number of halogens is 1. The number of ether oxygens (including phenoxy) is 2. The van der Waals surface area contributed by atoms with Crippen LogP contribution in [0, 0.1) is 0 Å². The molecule has 0 aliphatic heterocycles. The van der Waals surface area contributed by atoms with E-state index in [-0.39, 0.29) is 5.02 Å². The zero-order valence-corrected chi connectivity index (χ0v) is 15.2. The van der Waals surface area contributed by atoms with Crippen LogP contribution >= 0.6 is 11.6 Å². The summed E-state index contributed by atoms with van der Waals surface area (Å²) >= 11 is 5.91. The molecule has 0 saturated carbocycles. The number of benzene rings is 2. The number of methoxy groups -OCH3 is 1. The van der Waals surface area contributed by atoms with Gasteiger partial charge in [0.05, 0.1) is 19.5 Å². The maximum atomic E-state index is 11.5. The van der Waals surface area contributed by atoms with Crippen molar-refractivity contribution in [3.05, 3.63) is 81.2 Å². The number of H-pyrrole nitrogens is 1. The Balaban J connectivity index is 1.80. The molecule has 0 radical (unpaired) electrons. The molecule has 3 rings (SSSR count). The smallest absolute Gasteiger partial charge is 0.285 e. The third-order valence-corrected chi connectivity index (χ3v) is 4.01. The van der Waals surface area contributed by atoms with Crippen LogP contribution in [0.1, 0.15) is 11.1 Å². The summed E-state index contributed by atoms with van der Waals surface area (Å²) in [6.45, 7) is 0.388. The molecule has 2 N–H and O–H groups in total. The van der Waals surface area contributed by atoms with E-state index in [0.717, 1.165) is 5.56 Å². The summed E-state index contributed by atoms with van der Waals surface area (Å²) in [5.74, 6) is 1.15. The molecule has 0 atom stereocenters. The van der Waals surface area contributed by atoms with E-state index >= 15 is 0 Å². The molecule has 0 saturated heterocycles. The van der Waals surface area contributed by atoms with Crippen LogP contribution in [0.15, 0.2) is 64.6 Å². The highest BCUT2D eigenvalue weighted by molar-refractivity contribution is 6.32. The Labute approximate surface area is 160 Å². The lowest BCUT2D eigenvalue weighted by atomic mass is 10.2. The van der Waals surface area contributed by atoms with Gasteiger partial charge in [-0.05, 0) is 17.7 Å². The Morgan fingerprint density at radius 3 is 2.81 bits per heavy atom. The molecule has 0 aliphatic rings. The largest absolute Gasteiger partial charge is 0.493 e. The minimum absolute atomic E-state index is 0.0201. The summed E-state index contributed by atoms with van der Waals surface area (Å²) in [5, 5.41) is 10.0. The number of rotatable bonds is 7. The van der Waals surface area contributed by atoms with E-state index in [9.17, 15) is 4.79 Å². The van der Waals surface area contributed by atoms with Gasteiger partial charge in [-0.3, -0.25) is 10.2 Å². The molecule has 0 aliphatic carbocycles. The molecule has 2 aromatic carbocycles. The number of nitrogens with zero attached hydrogens (tertiary/aromatic N) is 2. The lowest BCUT2D eigenvalue weighted by molar-refractivity contribution is 0.284. The number of anilines is 1.